The van der Waals surface area contributed by atoms with Gasteiger partial charge in [-0.2, -0.15) is 0 Å². The summed E-state index contributed by atoms with van der Waals surface area (Å²) in [6.07, 6.45) is -0.0445. The van der Waals surface area contributed by atoms with E-state index in [9.17, 15) is 23.6 Å². The van der Waals surface area contributed by atoms with Crippen molar-refractivity contribution in [1.82, 2.24) is 0 Å². The third kappa shape index (κ3) is 4.99. The van der Waals surface area contributed by atoms with E-state index in [2.05, 4.69) is 10.1 Å². The Labute approximate surface area is 171 Å². The zero-order chi connectivity index (χ0) is 21.7. The summed E-state index contributed by atoms with van der Waals surface area (Å²) in [5, 5.41) is 2.48. The second-order valence-corrected chi connectivity index (χ2v) is 6.61. The Morgan fingerprint density at radius 2 is 1.77 bits per heavy atom. The lowest BCUT2D eigenvalue weighted by atomic mass is 10.1. The molecule has 0 bridgehead atoms. The number of anilines is 2. The van der Waals surface area contributed by atoms with Crippen LogP contribution in [0.4, 0.5) is 15.8 Å². The summed E-state index contributed by atoms with van der Waals surface area (Å²) in [7, 11) is 1.27. The Bertz CT molecular complexity index is 958. The molecular formula is C21H19FN2O6. The van der Waals surface area contributed by atoms with Gasteiger partial charge in [-0.25, -0.2) is 9.18 Å². The molecule has 1 saturated heterocycles. The SMILES string of the molecule is COC(=O)c1ccc(N2C[C@@H](C(=O)OCC(=O)Nc3ccc(F)cc3)CC2=O)cc1. The average molecular weight is 414 g/mol. The molecule has 1 aliphatic rings. The molecule has 156 valence electrons. The number of carbonyl (C=O) groups is 4. The number of rotatable bonds is 6. The van der Waals surface area contributed by atoms with E-state index in [1.54, 1.807) is 12.1 Å². The first kappa shape index (κ1) is 21.0. The smallest absolute Gasteiger partial charge is 0.337 e. The van der Waals surface area contributed by atoms with Crippen LogP contribution in [0.2, 0.25) is 0 Å². The summed E-state index contributed by atoms with van der Waals surface area (Å²) in [4.78, 5) is 49.3. The molecule has 0 unspecified atom stereocenters. The summed E-state index contributed by atoms with van der Waals surface area (Å²) in [6, 6.07) is 11.4. The molecule has 1 heterocycles. The summed E-state index contributed by atoms with van der Waals surface area (Å²) < 4.78 is 22.5. The summed E-state index contributed by atoms with van der Waals surface area (Å²) in [5.74, 6) is -3.14. The zero-order valence-electron chi connectivity index (χ0n) is 16.1. The van der Waals surface area contributed by atoms with Gasteiger partial charge in [0.2, 0.25) is 5.91 Å². The van der Waals surface area contributed by atoms with Crippen LogP contribution in [0.1, 0.15) is 16.8 Å². The monoisotopic (exact) mass is 414 g/mol. The van der Waals surface area contributed by atoms with Crippen LogP contribution in [0, 0.1) is 11.7 Å². The Morgan fingerprint density at radius 1 is 1.10 bits per heavy atom. The minimum absolute atomic E-state index is 0.0445. The molecule has 2 aromatic carbocycles. The van der Waals surface area contributed by atoms with Crippen LogP contribution in [0.5, 0.6) is 0 Å². The first-order valence-electron chi connectivity index (χ1n) is 9.08. The summed E-state index contributed by atoms with van der Waals surface area (Å²) in [6.45, 7) is -0.413. The van der Waals surface area contributed by atoms with Gasteiger partial charge in [0.1, 0.15) is 5.82 Å². The fourth-order valence-electron chi connectivity index (χ4n) is 3.00. The number of nitrogens with zero attached hydrogens (tertiary/aromatic N) is 1. The van der Waals surface area contributed by atoms with Crippen molar-refractivity contribution in [3.05, 3.63) is 59.9 Å². The molecule has 2 amide bonds. The highest BCUT2D eigenvalue weighted by atomic mass is 19.1. The van der Waals surface area contributed by atoms with Crippen molar-refractivity contribution in [3.63, 3.8) is 0 Å². The molecule has 0 aromatic heterocycles. The molecule has 30 heavy (non-hydrogen) atoms. The molecule has 1 aliphatic heterocycles. The number of esters is 2. The Hall–Kier alpha value is -3.75. The fourth-order valence-corrected chi connectivity index (χ4v) is 3.00. The Balaban J connectivity index is 1.52. The fraction of sp³-hybridized carbons (Fsp3) is 0.238. The number of benzene rings is 2. The lowest BCUT2D eigenvalue weighted by molar-refractivity contribution is -0.151. The highest BCUT2D eigenvalue weighted by molar-refractivity contribution is 6.00. The van der Waals surface area contributed by atoms with Crippen LogP contribution in [-0.2, 0) is 23.9 Å². The van der Waals surface area contributed by atoms with Gasteiger partial charge >= 0.3 is 11.9 Å². The van der Waals surface area contributed by atoms with E-state index in [0.717, 1.165) is 0 Å². The van der Waals surface area contributed by atoms with Crippen LogP contribution in [0.15, 0.2) is 48.5 Å². The molecule has 3 rings (SSSR count). The second-order valence-electron chi connectivity index (χ2n) is 6.61. The van der Waals surface area contributed by atoms with Crippen molar-refractivity contribution in [2.45, 2.75) is 6.42 Å². The van der Waals surface area contributed by atoms with Crippen LogP contribution < -0.4 is 10.2 Å². The predicted octanol–water partition coefficient (Wildman–Crippen LogP) is 2.15. The lowest BCUT2D eigenvalue weighted by Crippen LogP contribution is -2.28. The van der Waals surface area contributed by atoms with Crippen LogP contribution in [0.25, 0.3) is 0 Å². The quantitative estimate of drug-likeness (QED) is 0.727. The van der Waals surface area contributed by atoms with Crippen molar-refractivity contribution in [2.24, 2.45) is 5.92 Å². The van der Waals surface area contributed by atoms with Gasteiger partial charge in [-0.1, -0.05) is 0 Å². The van der Waals surface area contributed by atoms with Crippen molar-refractivity contribution in [1.29, 1.82) is 0 Å². The van der Waals surface area contributed by atoms with Gasteiger partial charge in [-0.15, -0.1) is 0 Å². The molecule has 1 N–H and O–H groups in total. The van der Waals surface area contributed by atoms with E-state index in [1.165, 1.54) is 48.4 Å². The third-order valence-electron chi connectivity index (χ3n) is 4.53. The van der Waals surface area contributed by atoms with Crippen LogP contribution in [-0.4, -0.2) is 44.0 Å². The van der Waals surface area contributed by atoms with Gasteiger partial charge < -0.3 is 19.7 Å². The number of hydrogen-bond donors (Lipinski definition) is 1. The molecule has 0 radical (unpaired) electrons. The van der Waals surface area contributed by atoms with Gasteiger partial charge in [0, 0.05) is 24.3 Å². The predicted molar refractivity (Wildman–Crippen MR) is 104 cm³/mol. The number of methoxy groups -OCH3 is 1. The maximum Gasteiger partial charge on any atom is 0.337 e. The minimum Gasteiger partial charge on any atom is -0.465 e. The van der Waals surface area contributed by atoms with E-state index in [0.29, 0.717) is 16.9 Å². The second kappa shape index (κ2) is 9.17. The number of carbonyl (C=O) groups excluding carboxylic acids is 4. The van der Waals surface area contributed by atoms with Gasteiger partial charge in [0.15, 0.2) is 6.61 Å². The Morgan fingerprint density at radius 3 is 2.40 bits per heavy atom. The van der Waals surface area contributed by atoms with Crippen LogP contribution in [0.3, 0.4) is 0 Å². The maximum atomic E-state index is 12.9. The third-order valence-corrected chi connectivity index (χ3v) is 4.53. The molecule has 1 atom stereocenters. The molecule has 0 spiro atoms. The average Bonchev–Trinajstić information content (AvgIpc) is 3.15. The first-order chi connectivity index (χ1) is 14.4. The molecule has 2 aromatic rings. The number of nitrogens with one attached hydrogen (secondary N) is 1. The standard InChI is InChI=1S/C21H19FN2O6/c1-29-20(27)13-2-8-17(9-3-13)24-11-14(10-19(24)26)21(28)30-12-18(25)23-16-6-4-15(22)5-7-16/h2-9,14H,10-12H2,1H3,(H,23,25)/t14-/m0/s1. The molecule has 0 aliphatic carbocycles. The van der Waals surface area contributed by atoms with E-state index in [1.807, 2.05) is 0 Å². The van der Waals surface area contributed by atoms with E-state index in [-0.39, 0.29) is 18.9 Å². The molecular weight excluding hydrogens is 395 g/mol. The van der Waals surface area contributed by atoms with Gasteiger partial charge in [-0.05, 0) is 48.5 Å². The molecule has 8 nitrogen and oxygen atoms in total. The van der Waals surface area contributed by atoms with Crippen molar-refractivity contribution in [3.8, 4) is 0 Å². The van der Waals surface area contributed by atoms with Crippen LogP contribution >= 0.6 is 0 Å². The first-order valence-corrected chi connectivity index (χ1v) is 9.08. The largest absolute Gasteiger partial charge is 0.465 e. The molecule has 9 heteroatoms. The number of amides is 2. The number of ether oxygens (including phenoxy) is 2. The van der Waals surface area contributed by atoms with Gasteiger partial charge in [-0.3, -0.25) is 14.4 Å². The summed E-state index contributed by atoms with van der Waals surface area (Å²) >= 11 is 0. The van der Waals surface area contributed by atoms with Crippen molar-refractivity contribution in [2.75, 3.05) is 30.5 Å². The maximum absolute atomic E-state index is 12.9. The highest BCUT2D eigenvalue weighted by Gasteiger charge is 2.36. The van der Waals surface area contributed by atoms with Crippen molar-refractivity contribution < 1.29 is 33.0 Å². The Kier molecular flexibility index (Phi) is 6.41. The van der Waals surface area contributed by atoms with Gasteiger partial charge in [0.05, 0.1) is 18.6 Å². The normalized spacial score (nSPS) is 15.6. The topological polar surface area (TPSA) is 102 Å². The van der Waals surface area contributed by atoms with E-state index < -0.39 is 36.2 Å². The highest BCUT2D eigenvalue weighted by Crippen LogP contribution is 2.26. The van der Waals surface area contributed by atoms with E-state index in [4.69, 9.17) is 4.74 Å². The van der Waals surface area contributed by atoms with E-state index >= 15 is 0 Å². The molecule has 0 saturated carbocycles. The number of hydrogen-bond acceptors (Lipinski definition) is 6. The lowest BCUT2D eigenvalue weighted by Gasteiger charge is -2.16. The molecule has 1 fully saturated rings. The van der Waals surface area contributed by atoms with Crippen molar-refractivity contribution >= 4 is 35.1 Å². The summed E-state index contributed by atoms with van der Waals surface area (Å²) in [5.41, 5.74) is 1.25. The zero-order valence-corrected chi connectivity index (χ0v) is 16.1. The minimum atomic E-state index is -0.712. The van der Waals surface area contributed by atoms with Gasteiger partial charge in [0.25, 0.3) is 5.91 Å². The number of halogens is 1.